The second-order valence-electron chi connectivity index (χ2n) is 7.35. The van der Waals surface area contributed by atoms with Crippen LogP contribution in [0.4, 0.5) is 4.39 Å². The molecule has 2 rings (SSSR count). The molecule has 0 amide bonds. The SMILES string of the molecule is C=CCCc1cc2ccc(OCCCCCCCCCCC)c(F)c2c(=O)o1. The lowest BCUT2D eigenvalue weighted by molar-refractivity contribution is 0.291. The Morgan fingerprint density at radius 1 is 1.07 bits per heavy atom. The summed E-state index contributed by atoms with van der Waals surface area (Å²) in [6.45, 7) is 6.34. The van der Waals surface area contributed by atoms with Crippen LogP contribution in [0.3, 0.4) is 0 Å². The van der Waals surface area contributed by atoms with Crippen LogP contribution in [0, 0.1) is 5.82 Å². The number of benzene rings is 1. The fraction of sp³-hybridized carbons (Fsp3) is 0.542. The highest BCUT2D eigenvalue weighted by Gasteiger charge is 2.14. The minimum absolute atomic E-state index is 0.0352. The Hall–Kier alpha value is -2.10. The molecule has 154 valence electrons. The third kappa shape index (κ3) is 6.81. The number of allylic oxidation sites excluding steroid dienone is 1. The molecule has 3 nitrogen and oxygen atoms in total. The van der Waals surface area contributed by atoms with Gasteiger partial charge < -0.3 is 9.15 Å². The second-order valence-corrected chi connectivity index (χ2v) is 7.35. The highest BCUT2D eigenvalue weighted by molar-refractivity contribution is 5.83. The van der Waals surface area contributed by atoms with Crippen LogP contribution in [0.1, 0.15) is 76.9 Å². The Labute approximate surface area is 167 Å². The molecule has 0 N–H and O–H groups in total. The first-order valence-corrected chi connectivity index (χ1v) is 10.7. The maximum Gasteiger partial charge on any atom is 0.346 e. The lowest BCUT2D eigenvalue weighted by Gasteiger charge is -2.09. The predicted octanol–water partition coefficient (Wildman–Crippen LogP) is 6.96. The van der Waals surface area contributed by atoms with Crippen LogP contribution >= 0.6 is 0 Å². The van der Waals surface area contributed by atoms with Gasteiger partial charge in [-0.2, -0.15) is 0 Å². The van der Waals surface area contributed by atoms with Gasteiger partial charge in [-0.3, -0.25) is 0 Å². The molecule has 0 aliphatic rings. The minimum atomic E-state index is -0.650. The van der Waals surface area contributed by atoms with Crippen LogP contribution in [0.2, 0.25) is 0 Å². The highest BCUT2D eigenvalue weighted by atomic mass is 19.1. The van der Waals surface area contributed by atoms with E-state index >= 15 is 0 Å². The zero-order valence-electron chi connectivity index (χ0n) is 17.1. The molecule has 0 atom stereocenters. The average Bonchev–Trinajstić information content (AvgIpc) is 2.69. The fourth-order valence-corrected chi connectivity index (χ4v) is 3.35. The van der Waals surface area contributed by atoms with E-state index in [9.17, 15) is 9.18 Å². The van der Waals surface area contributed by atoms with Crippen molar-refractivity contribution in [1.82, 2.24) is 0 Å². The van der Waals surface area contributed by atoms with Gasteiger partial charge in [-0.05, 0) is 30.4 Å². The zero-order chi connectivity index (χ0) is 20.2. The topological polar surface area (TPSA) is 39.4 Å². The van der Waals surface area contributed by atoms with Gasteiger partial charge in [0.15, 0.2) is 11.6 Å². The molecule has 2 aromatic rings. The average molecular weight is 389 g/mol. The minimum Gasteiger partial charge on any atom is -0.490 e. The monoisotopic (exact) mass is 388 g/mol. The van der Waals surface area contributed by atoms with E-state index in [2.05, 4.69) is 13.5 Å². The van der Waals surface area contributed by atoms with Gasteiger partial charge in [0.05, 0.1) is 6.61 Å². The number of halogens is 1. The smallest absolute Gasteiger partial charge is 0.346 e. The lowest BCUT2D eigenvalue weighted by atomic mass is 10.1. The molecule has 4 heteroatoms. The van der Waals surface area contributed by atoms with Gasteiger partial charge in [-0.1, -0.05) is 70.4 Å². The molecule has 0 radical (unpaired) electrons. The maximum atomic E-state index is 14.7. The molecule has 0 fully saturated rings. The molecule has 1 aromatic carbocycles. The molecule has 0 bridgehead atoms. The van der Waals surface area contributed by atoms with E-state index < -0.39 is 11.4 Å². The molecule has 0 unspecified atom stereocenters. The van der Waals surface area contributed by atoms with Crippen LogP contribution in [-0.2, 0) is 6.42 Å². The second kappa shape index (κ2) is 12.4. The normalized spacial score (nSPS) is 11.1. The number of aryl methyl sites for hydroxylation is 1. The number of hydrogen-bond donors (Lipinski definition) is 0. The van der Waals surface area contributed by atoms with Gasteiger partial charge in [-0.15, -0.1) is 6.58 Å². The van der Waals surface area contributed by atoms with Crippen molar-refractivity contribution >= 4 is 10.8 Å². The number of hydrogen-bond acceptors (Lipinski definition) is 3. The lowest BCUT2D eigenvalue weighted by Crippen LogP contribution is -2.07. The summed E-state index contributed by atoms with van der Waals surface area (Å²) >= 11 is 0. The van der Waals surface area contributed by atoms with Crippen LogP contribution in [-0.4, -0.2) is 6.61 Å². The summed E-state index contributed by atoms with van der Waals surface area (Å²) in [5.74, 6) is 0.0378. The maximum absolute atomic E-state index is 14.7. The van der Waals surface area contributed by atoms with Crippen molar-refractivity contribution in [2.24, 2.45) is 0 Å². The predicted molar refractivity (Wildman–Crippen MR) is 114 cm³/mol. The first-order valence-electron chi connectivity index (χ1n) is 10.7. The van der Waals surface area contributed by atoms with Crippen molar-refractivity contribution in [3.05, 3.63) is 52.9 Å². The summed E-state index contributed by atoms with van der Waals surface area (Å²) < 4.78 is 25.5. The third-order valence-electron chi connectivity index (χ3n) is 4.98. The number of ether oxygens (including phenoxy) is 1. The standard InChI is InChI=1S/C24H33FO3/c1-3-5-7-8-9-10-11-12-13-17-27-21-16-15-19-18-20(14-6-4-2)28-24(26)22(19)23(21)25/h4,15-16,18H,2-3,5-14,17H2,1H3. The first kappa shape index (κ1) is 22.2. The van der Waals surface area contributed by atoms with Gasteiger partial charge in [0, 0.05) is 6.42 Å². The van der Waals surface area contributed by atoms with Gasteiger partial charge in [-0.25, -0.2) is 9.18 Å². The van der Waals surface area contributed by atoms with Crippen molar-refractivity contribution in [3.8, 4) is 5.75 Å². The van der Waals surface area contributed by atoms with Crippen LogP contribution < -0.4 is 10.4 Å². The Bertz CT molecular complexity index is 794. The largest absolute Gasteiger partial charge is 0.490 e. The molecule has 1 aromatic heterocycles. The Kier molecular flexibility index (Phi) is 9.81. The summed E-state index contributed by atoms with van der Waals surface area (Å²) in [4.78, 5) is 12.2. The molecule has 0 aliphatic carbocycles. The van der Waals surface area contributed by atoms with E-state index in [0.29, 0.717) is 30.6 Å². The molecule has 28 heavy (non-hydrogen) atoms. The van der Waals surface area contributed by atoms with E-state index in [1.807, 2.05) is 0 Å². The molecule has 0 aliphatic heterocycles. The number of unbranched alkanes of at least 4 members (excludes halogenated alkanes) is 8. The summed E-state index contributed by atoms with van der Waals surface area (Å²) in [7, 11) is 0. The van der Waals surface area contributed by atoms with Gasteiger partial charge in [0.1, 0.15) is 11.1 Å². The van der Waals surface area contributed by atoms with Crippen LogP contribution in [0.15, 0.2) is 40.1 Å². The van der Waals surface area contributed by atoms with Gasteiger partial charge in [0.2, 0.25) is 0 Å². The quantitative estimate of drug-likeness (QED) is 0.259. The number of fused-ring (bicyclic) bond motifs is 1. The summed E-state index contributed by atoms with van der Waals surface area (Å²) in [6, 6.07) is 5.04. The summed E-state index contributed by atoms with van der Waals surface area (Å²) in [5.41, 5.74) is -0.650. The van der Waals surface area contributed by atoms with Crippen LogP contribution in [0.5, 0.6) is 5.75 Å². The number of rotatable bonds is 14. The van der Waals surface area contributed by atoms with E-state index in [4.69, 9.17) is 9.15 Å². The Balaban J connectivity index is 1.82. The zero-order valence-corrected chi connectivity index (χ0v) is 17.1. The van der Waals surface area contributed by atoms with Crippen molar-refractivity contribution < 1.29 is 13.5 Å². The van der Waals surface area contributed by atoms with E-state index in [0.717, 1.165) is 12.8 Å². The summed E-state index contributed by atoms with van der Waals surface area (Å²) in [6.07, 6.45) is 14.0. The van der Waals surface area contributed by atoms with E-state index in [-0.39, 0.29) is 11.1 Å². The van der Waals surface area contributed by atoms with E-state index in [1.54, 1.807) is 24.3 Å². The molecular weight excluding hydrogens is 355 g/mol. The van der Waals surface area contributed by atoms with Gasteiger partial charge in [0.25, 0.3) is 0 Å². The van der Waals surface area contributed by atoms with Crippen LogP contribution in [0.25, 0.3) is 10.8 Å². The fourth-order valence-electron chi connectivity index (χ4n) is 3.35. The molecular formula is C24H33FO3. The Morgan fingerprint density at radius 2 is 1.75 bits per heavy atom. The van der Waals surface area contributed by atoms with E-state index in [1.165, 1.54) is 44.9 Å². The molecule has 0 spiro atoms. The highest BCUT2D eigenvalue weighted by Crippen LogP contribution is 2.25. The summed E-state index contributed by atoms with van der Waals surface area (Å²) in [5, 5.41) is 0.509. The molecule has 1 heterocycles. The van der Waals surface area contributed by atoms with Crippen molar-refractivity contribution in [1.29, 1.82) is 0 Å². The molecule has 0 saturated heterocycles. The van der Waals surface area contributed by atoms with Crippen molar-refractivity contribution in [2.75, 3.05) is 6.61 Å². The third-order valence-corrected chi connectivity index (χ3v) is 4.98. The molecule has 0 saturated carbocycles. The van der Waals surface area contributed by atoms with Crippen molar-refractivity contribution in [2.45, 2.75) is 77.6 Å². The first-order chi connectivity index (χ1) is 13.7. The van der Waals surface area contributed by atoms with Gasteiger partial charge >= 0.3 is 5.63 Å². The Morgan fingerprint density at radius 3 is 2.43 bits per heavy atom. The van der Waals surface area contributed by atoms with Crippen molar-refractivity contribution in [3.63, 3.8) is 0 Å².